The highest BCUT2D eigenvalue weighted by Crippen LogP contribution is 2.49. The highest BCUT2D eigenvalue weighted by atomic mass is 31.2. The molecule has 0 bridgehead atoms. The number of para-hydroxylation sites is 2. The van der Waals surface area contributed by atoms with E-state index in [1.807, 2.05) is 0 Å². The van der Waals surface area contributed by atoms with Crippen molar-refractivity contribution in [2.24, 2.45) is 0 Å². The summed E-state index contributed by atoms with van der Waals surface area (Å²) in [5.41, 5.74) is 0. The smallest absolute Gasteiger partial charge is 0.462 e. The van der Waals surface area contributed by atoms with Crippen LogP contribution >= 0.6 is 7.82 Å². The van der Waals surface area contributed by atoms with Crippen LogP contribution in [0.25, 0.3) is 0 Å². The van der Waals surface area contributed by atoms with Crippen LogP contribution in [0.5, 0.6) is 11.5 Å². The summed E-state index contributed by atoms with van der Waals surface area (Å²) >= 11 is 0. The van der Waals surface area contributed by atoms with E-state index in [-0.39, 0.29) is 43.5 Å². The minimum Gasteiger partial charge on any atom is -0.462 e. The van der Waals surface area contributed by atoms with Gasteiger partial charge in [-0.3, -0.25) is 14.1 Å². The number of esters is 2. The van der Waals surface area contributed by atoms with Gasteiger partial charge in [-0.15, -0.1) is 0 Å². The SMILES string of the molecule is CCCCCCCC(=O)OC[C@H](COP(=O)(Oc1ccccc1)Oc1ccccc1)OC(=O)CCCCCCC. The Bertz CT molecular complexity index is 953. The number of hydrogen-bond acceptors (Lipinski definition) is 8. The minimum atomic E-state index is -4.20. The molecule has 8 nitrogen and oxygen atoms in total. The van der Waals surface area contributed by atoms with Gasteiger partial charge in [-0.1, -0.05) is 102 Å². The van der Waals surface area contributed by atoms with Gasteiger partial charge in [0.1, 0.15) is 24.7 Å². The molecule has 0 radical (unpaired) electrons. The molecular weight excluding hydrogens is 531 g/mol. The van der Waals surface area contributed by atoms with E-state index >= 15 is 0 Å². The van der Waals surface area contributed by atoms with Gasteiger partial charge in [-0.05, 0) is 37.1 Å². The number of carbonyl (C=O) groups excluding carboxylic acids is 2. The lowest BCUT2D eigenvalue weighted by molar-refractivity contribution is -0.161. The third kappa shape index (κ3) is 15.1. The van der Waals surface area contributed by atoms with Gasteiger partial charge in [0, 0.05) is 12.8 Å². The van der Waals surface area contributed by atoms with Crippen LogP contribution in [0.2, 0.25) is 0 Å². The second-order valence-electron chi connectivity index (χ2n) is 9.67. The second-order valence-corrected chi connectivity index (χ2v) is 11.2. The molecule has 0 aliphatic heterocycles. The Morgan fingerprint density at radius 3 is 1.62 bits per heavy atom. The fourth-order valence-electron chi connectivity index (χ4n) is 3.83. The van der Waals surface area contributed by atoms with E-state index in [2.05, 4.69) is 13.8 Å². The highest BCUT2D eigenvalue weighted by molar-refractivity contribution is 7.49. The van der Waals surface area contributed by atoms with Crippen LogP contribution in [-0.4, -0.2) is 31.3 Å². The number of phosphoric ester groups is 1. The summed E-state index contributed by atoms with van der Waals surface area (Å²) in [4.78, 5) is 24.9. The highest BCUT2D eigenvalue weighted by Gasteiger charge is 2.33. The Morgan fingerprint density at radius 1 is 0.650 bits per heavy atom. The fourth-order valence-corrected chi connectivity index (χ4v) is 5.08. The topological polar surface area (TPSA) is 97.4 Å². The number of benzene rings is 2. The number of unbranched alkanes of at least 4 members (excludes halogenated alkanes) is 8. The Kier molecular flexibility index (Phi) is 16.8. The monoisotopic (exact) mass is 576 g/mol. The summed E-state index contributed by atoms with van der Waals surface area (Å²) in [6, 6.07) is 17.0. The van der Waals surface area contributed by atoms with Crippen molar-refractivity contribution in [1.29, 1.82) is 0 Å². The molecule has 9 heteroatoms. The number of phosphoric acid groups is 1. The normalized spacial score (nSPS) is 11.9. The van der Waals surface area contributed by atoms with Crippen LogP contribution in [0.1, 0.15) is 90.9 Å². The Hall–Kier alpha value is -2.83. The van der Waals surface area contributed by atoms with E-state index in [0.29, 0.717) is 6.42 Å². The predicted molar refractivity (Wildman–Crippen MR) is 155 cm³/mol. The van der Waals surface area contributed by atoms with Crippen LogP contribution in [0.3, 0.4) is 0 Å². The first-order valence-electron chi connectivity index (χ1n) is 14.5. The second kappa shape index (κ2) is 20.1. The Morgan fingerprint density at radius 2 is 1.12 bits per heavy atom. The van der Waals surface area contributed by atoms with E-state index in [0.717, 1.165) is 57.8 Å². The fraction of sp³-hybridized carbons (Fsp3) is 0.548. The predicted octanol–water partition coefficient (Wildman–Crippen LogP) is 8.45. The van der Waals surface area contributed by atoms with Crippen LogP contribution < -0.4 is 9.05 Å². The molecule has 0 aromatic heterocycles. The van der Waals surface area contributed by atoms with Crippen molar-refractivity contribution in [2.45, 2.75) is 97.0 Å². The van der Waals surface area contributed by atoms with Crippen molar-refractivity contribution in [1.82, 2.24) is 0 Å². The lowest BCUT2D eigenvalue weighted by Crippen LogP contribution is -2.30. The van der Waals surface area contributed by atoms with Crippen LogP contribution in [0.4, 0.5) is 0 Å². The Balaban J connectivity index is 2.02. The van der Waals surface area contributed by atoms with Crippen LogP contribution in [0, 0.1) is 0 Å². The largest absolute Gasteiger partial charge is 0.587 e. The summed E-state index contributed by atoms with van der Waals surface area (Å²) in [5, 5.41) is 0. The molecule has 2 rings (SSSR count). The quantitative estimate of drug-likeness (QED) is 0.0782. The zero-order valence-electron chi connectivity index (χ0n) is 24.0. The van der Waals surface area contributed by atoms with Gasteiger partial charge in [0.15, 0.2) is 6.10 Å². The molecule has 1 atom stereocenters. The van der Waals surface area contributed by atoms with Crippen molar-refractivity contribution in [3.63, 3.8) is 0 Å². The average Bonchev–Trinajstić information content (AvgIpc) is 2.95. The van der Waals surface area contributed by atoms with E-state index in [1.165, 1.54) is 0 Å². The first kappa shape index (κ1) is 33.4. The van der Waals surface area contributed by atoms with Crippen molar-refractivity contribution < 1.29 is 37.2 Å². The zero-order chi connectivity index (χ0) is 28.9. The van der Waals surface area contributed by atoms with Crippen LogP contribution in [-0.2, 0) is 28.2 Å². The van der Waals surface area contributed by atoms with E-state index in [9.17, 15) is 14.2 Å². The van der Waals surface area contributed by atoms with E-state index in [1.54, 1.807) is 60.7 Å². The zero-order valence-corrected chi connectivity index (χ0v) is 24.9. The molecule has 0 spiro atoms. The molecule has 0 saturated carbocycles. The van der Waals surface area contributed by atoms with Gasteiger partial charge >= 0.3 is 19.8 Å². The van der Waals surface area contributed by atoms with Crippen LogP contribution in [0.15, 0.2) is 60.7 Å². The van der Waals surface area contributed by atoms with Crippen molar-refractivity contribution in [3.05, 3.63) is 60.7 Å². The van der Waals surface area contributed by atoms with Crippen molar-refractivity contribution in [2.75, 3.05) is 13.2 Å². The summed E-state index contributed by atoms with van der Waals surface area (Å²) < 4.78 is 41.6. The van der Waals surface area contributed by atoms with Gasteiger partial charge < -0.3 is 18.5 Å². The lowest BCUT2D eigenvalue weighted by Gasteiger charge is -2.22. The van der Waals surface area contributed by atoms with E-state index < -0.39 is 19.9 Å². The van der Waals surface area contributed by atoms with Crippen molar-refractivity contribution >= 4 is 19.8 Å². The summed E-state index contributed by atoms with van der Waals surface area (Å²) in [6.45, 7) is 3.71. The number of hydrogen-bond donors (Lipinski definition) is 0. The lowest BCUT2D eigenvalue weighted by atomic mass is 10.1. The maximum absolute atomic E-state index is 13.7. The van der Waals surface area contributed by atoms with Gasteiger partial charge in [0.25, 0.3) is 0 Å². The third-order valence-electron chi connectivity index (χ3n) is 6.04. The van der Waals surface area contributed by atoms with Gasteiger partial charge in [-0.25, -0.2) is 4.57 Å². The molecule has 0 N–H and O–H groups in total. The molecule has 222 valence electrons. The van der Waals surface area contributed by atoms with Gasteiger partial charge in [-0.2, -0.15) is 0 Å². The molecule has 0 aliphatic carbocycles. The molecule has 40 heavy (non-hydrogen) atoms. The molecule has 0 fully saturated rings. The molecule has 0 heterocycles. The molecule has 0 aliphatic rings. The third-order valence-corrected chi connectivity index (χ3v) is 7.37. The number of rotatable bonds is 22. The summed E-state index contributed by atoms with van der Waals surface area (Å²) in [7, 11) is -4.20. The average molecular weight is 577 g/mol. The van der Waals surface area contributed by atoms with Gasteiger partial charge in [0.2, 0.25) is 0 Å². The van der Waals surface area contributed by atoms with Gasteiger partial charge in [0.05, 0.1) is 0 Å². The van der Waals surface area contributed by atoms with Crippen molar-refractivity contribution in [3.8, 4) is 11.5 Å². The summed E-state index contributed by atoms with van der Waals surface area (Å²) in [6.07, 6.45) is 9.53. The number of ether oxygens (including phenoxy) is 2. The van der Waals surface area contributed by atoms with E-state index in [4.69, 9.17) is 23.0 Å². The minimum absolute atomic E-state index is 0.216. The molecular formula is C31H45O8P. The molecule has 0 amide bonds. The maximum atomic E-state index is 13.7. The summed E-state index contributed by atoms with van der Waals surface area (Å²) in [5.74, 6) is -0.223. The first-order valence-corrected chi connectivity index (χ1v) is 16.0. The Labute approximate surface area is 239 Å². The molecule has 0 saturated heterocycles. The first-order chi connectivity index (χ1) is 19.4. The molecule has 2 aromatic rings. The molecule has 0 unspecified atom stereocenters. The molecule has 2 aromatic carbocycles. The maximum Gasteiger partial charge on any atom is 0.587 e. The number of carbonyl (C=O) groups is 2. The standard InChI is InChI=1S/C31H45O8P/c1-3-5-7-9-17-23-30(32)35-25-29(37-31(33)24-18-10-8-6-4-2)26-36-40(34,38-27-19-13-11-14-20-27)39-28-21-15-12-16-22-28/h11-16,19-22,29H,3-10,17-18,23-26H2,1-2H3/t29-/m1/s1.